The molecule has 2 rings (SSSR count). The van der Waals surface area contributed by atoms with E-state index in [0.29, 0.717) is 5.25 Å². The first-order valence-electron chi connectivity index (χ1n) is 4.66. The quantitative estimate of drug-likeness (QED) is 0.902. The van der Waals surface area contributed by atoms with E-state index in [-0.39, 0.29) is 0 Å². The molecule has 2 atom stereocenters. The average Bonchev–Trinajstić information content (AvgIpc) is 2.60. The Morgan fingerprint density at radius 2 is 2.43 bits per heavy atom. The van der Waals surface area contributed by atoms with Crippen molar-refractivity contribution in [1.82, 2.24) is 0 Å². The van der Waals surface area contributed by atoms with Crippen LogP contribution in [-0.4, -0.2) is 21.7 Å². The summed E-state index contributed by atoms with van der Waals surface area (Å²) in [6.45, 7) is 2.19. The van der Waals surface area contributed by atoms with Gasteiger partial charge in [-0.15, -0.1) is 11.3 Å². The molecule has 1 aromatic heterocycles. The fourth-order valence-corrected chi connectivity index (χ4v) is 4.71. The molecule has 1 nitrogen and oxygen atoms in total. The summed E-state index contributed by atoms with van der Waals surface area (Å²) in [5, 5.41) is 10.9. The van der Waals surface area contributed by atoms with Gasteiger partial charge in [0.05, 0.1) is 9.39 Å². The van der Waals surface area contributed by atoms with Gasteiger partial charge in [0, 0.05) is 22.3 Å². The molecule has 1 fully saturated rings. The number of hydrogen-bond donors (Lipinski definition) is 1. The molecule has 1 aliphatic rings. The van der Waals surface area contributed by atoms with Gasteiger partial charge < -0.3 is 5.11 Å². The molecule has 0 saturated carbocycles. The van der Waals surface area contributed by atoms with E-state index in [1.807, 2.05) is 11.8 Å². The third kappa shape index (κ3) is 2.54. The smallest absolute Gasteiger partial charge is 0.0796 e. The number of thioether (sulfide) groups is 1. The van der Waals surface area contributed by atoms with E-state index in [9.17, 15) is 5.11 Å². The van der Waals surface area contributed by atoms with Gasteiger partial charge in [0.15, 0.2) is 0 Å². The van der Waals surface area contributed by atoms with Crippen molar-refractivity contribution in [2.24, 2.45) is 0 Å². The Labute approximate surface area is 101 Å². The van der Waals surface area contributed by atoms with Crippen molar-refractivity contribution in [3.05, 3.63) is 20.8 Å². The highest BCUT2D eigenvalue weighted by molar-refractivity contribution is 9.11. The molecule has 0 aliphatic carbocycles. The zero-order valence-electron chi connectivity index (χ0n) is 8.00. The molecule has 2 unspecified atom stereocenters. The van der Waals surface area contributed by atoms with E-state index in [0.717, 1.165) is 22.4 Å². The van der Waals surface area contributed by atoms with Gasteiger partial charge in [0.25, 0.3) is 0 Å². The van der Waals surface area contributed by atoms with Crippen molar-refractivity contribution in [2.45, 2.75) is 30.6 Å². The second-order valence-electron chi connectivity index (χ2n) is 3.93. The molecule has 0 amide bonds. The molecule has 1 aliphatic heterocycles. The summed E-state index contributed by atoms with van der Waals surface area (Å²) in [6, 6.07) is 4.15. The summed E-state index contributed by atoms with van der Waals surface area (Å²) >= 11 is 7.04. The molecule has 0 radical (unpaired) electrons. The Balaban J connectivity index is 2.03. The van der Waals surface area contributed by atoms with Crippen LogP contribution in [0.3, 0.4) is 0 Å². The Morgan fingerprint density at radius 3 is 2.93 bits per heavy atom. The summed E-state index contributed by atoms with van der Waals surface area (Å²) in [4.78, 5) is 1.27. The van der Waals surface area contributed by atoms with Crippen LogP contribution in [0, 0.1) is 0 Å². The monoisotopic (exact) mass is 292 g/mol. The van der Waals surface area contributed by atoms with Crippen molar-refractivity contribution in [3.8, 4) is 0 Å². The lowest BCUT2D eigenvalue weighted by Crippen LogP contribution is -2.31. The second kappa shape index (κ2) is 4.16. The average molecular weight is 293 g/mol. The predicted molar refractivity (Wildman–Crippen MR) is 67.2 cm³/mol. The lowest BCUT2D eigenvalue weighted by Gasteiger charge is -2.20. The summed E-state index contributed by atoms with van der Waals surface area (Å²) in [7, 11) is 0. The molecular formula is C10H13BrOS2. The Morgan fingerprint density at radius 1 is 1.64 bits per heavy atom. The molecule has 2 heterocycles. The third-order valence-corrected chi connectivity index (χ3v) is 5.50. The Hall–Kier alpha value is 0.490. The summed E-state index contributed by atoms with van der Waals surface area (Å²) in [5.41, 5.74) is -0.464. The van der Waals surface area contributed by atoms with Gasteiger partial charge in [0.2, 0.25) is 0 Å². The molecule has 1 aromatic rings. The lowest BCUT2D eigenvalue weighted by atomic mass is 9.96. The predicted octanol–water partition coefficient (Wildman–Crippen LogP) is 3.31. The minimum atomic E-state index is -0.464. The maximum absolute atomic E-state index is 10.3. The lowest BCUT2D eigenvalue weighted by molar-refractivity contribution is 0.0651. The molecule has 14 heavy (non-hydrogen) atoms. The van der Waals surface area contributed by atoms with Gasteiger partial charge in [-0.05, 0) is 34.5 Å². The zero-order valence-corrected chi connectivity index (χ0v) is 11.2. The van der Waals surface area contributed by atoms with Crippen LogP contribution in [-0.2, 0) is 6.42 Å². The molecule has 0 aromatic carbocycles. The van der Waals surface area contributed by atoms with Crippen LogP contribution < -0.4 is 0 Å². The van der Waals surface area contributed by atoms with Gasteiger partial charge in [-0.2, -0.15) is 11.8 Å². The van der Waals surface area contributed by atoms with Crippen molar-refractivity contribution in [1.29, 1.82) is 0 Å². The van der Waals surface area contributed by atoms with E-state index < -0.39 is 5.60 Å². The van der Waals surface area contributed by atoms with E-state index in [4.69, 9.17) is 0 Å². The molecular weight excluding hydrogens is 280 g/mol. The fourth-order valence-electron chi connectivity index (χ4n) is 1.84. The summed E-state index contributed by atoms with van der Waals surface area (Å²) in [5.74, 6) is 0.879. The number of aliphatic hydroxyl groups is 1. The van der Waals surface area contributed by atoms with E-state index in [2.05, 4.69) is 35.0 Å². The summed E-state index contributed by atoms with van der Waals surface area (Å²) < 4.78 is 1.15. The number of thiophene rings is 1. The molecule has 0 bridgehead atoms. The highest BCUT2D eigenvalue weighted by Gasteiger charge is 2.36. The first-order valence-corrected chi connectivity index (χ1v) is 7.31. The standard InChI is InChI=1S/C10H13BrOS2/c1-7-4-10(12,6-13-7)5-8-2-3-9(11)14-8/h2-3,7,12H,4-6H2,1H3. The maximum Gasteiger partial charge on any atom is 0.0796 e. The normalized spacial score (nSPS) is 32.4. The molecule has 1 N–H and O–H groups in total. The number of hydrogen-bond acceptors (Lipinski definition) is 3. The zero-order chi connectivity index (χ0) is 10.2. The molecule has 0 spiro atoms. The van der Waals surface area contributed by atoms with Gasteiger partial charge >= 0.3 is 0 Å². The Bertz CT molecular complexity index is 326. The van der Waals surface area contributed by atoms with Crippen LogP contribution >= 0.6 is 39.0 Å². The van der Waals surface area contributed by atoms with Crippen LogP contribution in [0.25, 0.3) is 0 Å². The first kappa shape index (κ1) is 11.0. The van der Waals surface area contributed by atoms with Crippen molar-refractivity contribution in [3.63, 3.8) is 0 Å². The fraction of sp³-hybridized carbons (Fsp3) is 0.600. The third-order valence-electron chi connectivity index (χ3n) is 2.44. The molecule has 4 heteroatoms. The van der Waals surface area contributed by atoms with Crippen LogP contribution in [0.5, 0.6) is 0 Å². The number of rotatable bonds is 2. The van der Waals surface area contributed by atoms with Gasteiger partial charge in [-0.1, -0.05) is 6.92 Å². The minimum absolute atomic E-state index is 0.464. The van der Waals surface area contributed by atoms with Crippen LogP contribution in [0.4, 0.5) is 0 Å². The molecule has 1 saturated heterocycles. The van der Waals surface area contributed by atoms with Crippen LogP contribution in [0.2, 0.25) is 0 Å². The van der Waals surface area contributed by atoms with E-state index in [1.165, 1.54) is 4.88 Å². The van der Waals surface area contributed by atoms with E-state index >= 15 is 0 Å². The maximum atomic E-state index is 10.3. The minimum Gasteiger partial charge on any atom is -0.389 e. The molecule has 78 valence electrons. The number of halogens is 1. The van der Waals surface area contributed by atoms with Crippen molar-refractivity contribution < 1.29 is 5.11 Å². The van der Waals surface area contributed by atoms with Gasteiger partial charge in [-0.3, -0.25) is 0 Å². The SMILES string of the molecule is CC1CC(O)(Cc2ccc(Br)s2)CS1. The van der Waals surface area contributed by atoms with Gasteiger partial charge in [0.1, 0.15) is 0 Å². The van der Waals surface area contributed by atoms with Crippen LogP contribution in [0.15, 0.2) is 15.9 Å². The van der Waals surface area contributed by atoms with E-state index in [1.54, 1.807) is 11.3 Å². The largest absolute Gasteiger partial charge is 0.389 e. The van der Waals surface area contributed by atoms with Crippen LogP contribution in [0.1, 0.15) is 18.2 Å². The Kier molecular flexibility index (Phi) is 3.27. The first-order chi connectivity index (χ1) is 6.57. The highest BCUT2D eigenvalue weighted by Crippen LogP contribution is 2.37. The topological polar surface area (TPSA) is 20.2 Å². The second-order valence-corrected chi connectivity index (χ2v) is 7.91. The van der Waals surface area contributed by atoms with Crippen molar-refractivity contribution >= 4 is 39.0 Å². The summed E-state index contributed by atoms with van der Waals surface area (Å²) in [6.07, 6.45) is 1.73. The van der Waals surface area contributed by atoms with Crippen molar-refractivity contribution in [2.75, 3.05) is 5.75 Å². The van der Waals surface area contributed by atoms with Gasteiger partial charge in [-0.25, -0.2) is 0 Å². The highest BCUT2D eigenvalue weighted by atomic mass is 79.9.